The van der Waals surface area contributed by atoms with E-state index in [9.17, 15) is 9.59 Å². The maximum Gasteiger partial charge on any atom is 0.238 e. The summed E-state index contributed by atoms with van der Waals surface area (Å²) in [6.45, 7) is 8.22. The van der Waals surface area contributed by atoms with Crippen LogP contribution < -0.4 is 0 Å². The first-order chi connectivity index (χ1) is 9.77. The van der Waals surface area contributed by atoms with Crippen LogP contribution in [0, 0.1) is 12.3 Å². The number of amides is 1. The first-order valence-corrected chi connectivity index (χ1v) is 8.01. The zero-order valence-electron chi connectivity index (χ0n) is 13.0. The summed E-state index contributed by atoms with van der Waals surface area (Å²) >= 11 is 1.44. The Morgan fingerprint density at radius 3 is 2.71 bits per heavy atom. The molecular weight excluding hydrogens is 282 g/mol. The van der Waals surface area contributed by atoms with Gasteiger partial charge in [0.15, 0.2) is 5.78 Å². The van der Waals surface area contributed by atoms with Gasteiger partial charge in [-0.2, -0.15) is 0 Å². The first-order valence-electron chi connectivity index (χ1n) is 7.02. The van der Waals surface area contributed by atoms with Crippen LogP contribution in [0.1, 0.15) is 31.9 Å². The molecule has 1 saturated heterocycles. The highest BCUT2D eigenvalue weighted by molar-refractivity contribution is 8.04. The molecule has 3 nitrogen and oxygen atoms in total. The molecule has 1 heterocycles. The fourth-order valence-corrected chi connectivity index (χ4v) is 2.96. The Morgan fingerprint density at radius 1 is 1.38 bits per heavy atom. The largest absolute Gasteiger partial charge is 0.301 e. The summed E-state index contributed by atoms with van der Waals surface area (Å²) in [6.07, 6.45) is 1.62. The molecule has 0 radical (unpaired) electrons. The molecule has 0 aromatic heterocycles. The topological polar surface area (TPSA) is 37.4 Å². The van der Waals surface area contributed by atoms with Crippen molar-refractivity contribution < 1.29 is 9.59 Å². The first kappa shape index (κ1) is 15.8. The smallest absolute Gasteiger partial charge is 0.238 e. The standard InChI is InChI=1S/C17H21NO2S/c1-12-6-5-7-13(8-12)10-18-15(20)11-21-16(18)9-14(19)17(2,3)4/h5-9H,10-11H2,1-4H3/b16-9-. The number of benzene rings is 1. The Balaban J connectivity index is 2.21. The third-order valence-corrected chi connectivity index (χ3v) is 4.35. The number of carbonyl (C=O) groups excluding carboxylic acids is 2. The van der Waals surface area contributed by atoms with E-state index in [1.807, 2.05) is 45.9 Å². The maximum atomic E-state index is 12.2. The molecule has 21 heavy (non-hydrogen) atoms. The van der Waals surface area contributed by atoms with Gasteiger partial charge in [-0.3, -0.25) is 9.59 Å². The highest BCUT2D eigenvalue weighted by Gasteiger charge is 2.29. The lowest BCUT2D eigenvalue weighted by Crippen LogP contribution is -2.25. The van der Waals surface area contributed by atoms with Gasteiger partial charge in [0.25, 0.3) is 0 Å². The van der Waals surface area contributed by atoms with E-state index >= 15 is 0 Å². The molecule has 0 N–H and O–H groups in total. The van der Waals surface area contributed by atoms with Crippen LogP contribution in [-0.4, -0.2) is 22.3 Å². The minimum absolute atomic E-state index is 0.0499. The highest BCUT2D eigenvalue weighted by atomic mass is 32.2. The van der Waals surface area contributed by atoms with Crippen molar-refractivity contribution in [1.82, 2.24) is 4.90 Å². The third-order valence-electron chi connectivity index (χ3n) is 3.33. The molecule has 0 saturated carbocycles. The number of hydrogen-bond donors (Lipinski definition) is 0. The van der Waals surface area contributed by atoms with Gasteiger partial charge in [-0.25, -0.2) is 0 Å². The molecule has 1 amide bonds. The van der Waals surface area contributed by atoms with E-state index in [1.54, 1.807) is 11.0 Å². The van der Waals surface area contributed by atoms with Crippen LogP contribution in [-0.2, 0) is 16.1 Å². The second kappa shape index (κ2) is 6.06. The second-order valence-corrected chi connectivity index (χ2v) is 7.35. The molecule has 2 rings (SSSR count). The minimum Gasteiger partial charge on any atom is -0.301 e. The SMILES string of the molecule is Cc1cccc(CN2C(=O)CS/C2=C\C(=O)C(C)(C)C)c1. The lowest BCUT2D eigenvalue weighted by molar-refractivity contribution is -0.125. The van der Waals surface area contributed by atoms with Gasteiger partial charge in [0, 0.05) is 11.5 Å². The Kier molecular flexibility index (Phi) is 4.57. The van der Waals surface area contributed by atoms with Gasteiger partial charge in [0.1, 0.15) is 0 Å². The van der Waals surface area contributed by atoms with Crippen molar-refractivity contribution in [3.05, 3.63) is 46.5 Å². The average Bonchev–Trinajstić information content (AvgIpc) is 2.70. The predicted octanol–water partition coefficient (Wildman–Crippen LogP) is 3.53. The molecule has 112 valence electrons. The van der Waals surface area contributed by atoms with Crippen LogP contribution in [0.4, 0.5) is 0 Å². The number of ketones is 1. The van der Waals surface area contributed by atoms with Crippen molar-refractivity contribution in [3.8, 4) is 0 Å². The number of nitrogens with zero attached hydrogens (tertiary/aromatic N) is 1. The molecule has 0 bridgehead atoms. The Hall–Kier alpha value is -1.55. The van der Waals surface area contributed by atoms with Gasteiger partial charge in [0.2, 0.25) is 5.91 Å². The van der Waals surface area contributed by atoms with E-state index in [-0.39, 0.29) is 11.7 Å². The second-order valence-electron chi connectivity index (χ2n) is 6.35. The normalized spacial score (nSPS) is 17.6. The van der Waals surface area contributed by atoms with E-state index < -0.39 is 5.41 Å². The zero-order valence-corrected chi connectivity index (χ0v) is 13.8. The van der Waals surface area contributed by atoms with Crippen LogP contribution >= 0.6 is 11.8 Å². The summed E-state index contributed by atoms with van der Waals surface area (Å²) in [7, 11) is 0. The molecule has 1 aliphatic rings. The van der Waals surface area contributed by atoms with E-state index in [0.29, 0.717) is 12.3 Å². The maximum absolute atomic E-state index is 12.2. The lowest BCUT2D eigenvalue weighted by atomic mass is 9.91. The van der Waals surface area contributed by atoms with Gasteiger partial charge in [-0.1, -0.05) is 62.4 Å². The highest BCUT2D eigenvalue weighted by Crippen LogP contribution is 2.31. The van der Waals surface area contributed by atoms with Crippen molar-refractivity contribution in [2.24, 2.45) is 5.41 Å². The number of allylic oxidation sites excluding steroid dienone is 1. The molecule has 0 atom stereocenters. The summed E-state index contributed by atoms with van der Waals surface area (Å²) in [5.74, 6) is 0.526. The molecular formula is C17H21NO2S. The molecule has 0 unspecified atom stereocenters. The Morgan fingerprint density at radius 2 is 2.10 bits per heavy atom. The monoisotopic (exact) mass is 303 g/mol. The number of rotatable bonds is 3. The van der Waals surface area contributed by atoms with Gasteiger partial charge >= 0.3 is 0 Å². The molecule has 4 heteroatoms. The molecule has 1 fully saturated rings. The van der Waals surface area contributed by atoms with Crippen LogP contribution in [0.2, 0.25) is 0 Å². The fraction of sp³-hybridized carbons (Fsp3) is 0.412. The predicted molar refractivity (Wildman–Crippen MR) is 86.7 cm³/mol. The molecule has 1 aliphatic heterocycles. The van der Waals surface area contributed by atoms with Crippen LogP contribution in [0.25, 0.3) is 0 Å². The average molecular weight is 303 g/mol. The quantitative estimate of drug-likeness (QED) is 0.802. The van der Waals surface area contributed by atoms with Gasteiger partial charge in [-0.05, 0) is 12.5 Å². The van der Waals surface area contributed by atoms with E-state index in [2.05, 4.69) is 6.07 Å². The summed E-state index contributed by atoms with van der Waals surface area (Å²) in [5.41, 5.74) is 1.83. The molecule has 0 aliphatic carbocycles. The Bertz CT molecular complexity index is 599. The van der Waals surface area contributed by atoms with Crippen LogP contribution in [0.15, 0.2) is 35.4 Å². The zero-order chi connectivity index (χ0) is 15.6. The summed E-state index contributed by atoms with van der Waals surface area (Å²) in [5, 5.41) is 0.765. The van der Waals surface area contributed by atoms with Crippen LogP contribution in [0.3, 0.4) is 0 Å². The summed E-state index contributed by atoms with van der Waals surface area (Å²) < 4.78 is 0. The van der Waals surface area contributed by atoms with Crippen molar-refractivity contribution in [2.45, 2.75) is 34.2 Å². The van der Waals surface area contributed by atoms with Crippen molar-refractivity contribution in [2.75, 3.05) is 5.75 Å². The minimum atomic E-state index is -0.422. The van der Waals surface area contributed by atoms with E-state index in [0.717, 1.165) is 10.6 Å². The van der Waals surface area contributed by atoms with Crippen LogP contribution in [0.5, 0.6) is 0 Å². The number of thioether (sulfide) groups is 1. The summed E-state index contributed by atoms with van der Waals surface area (Å²) in [6, 6.07) is 8.10. The Labute approximate surface area is 130 Å². The number of carbonyl (C=O) groups is 2. The molecule has 0 spiro atoms. The van der Waals surface area contributed by atoms with Gasteiger partial charge in [0.05, 0.1) is 17.3 Å². The van der Waals surface area contributed by atoms with Crippen molar-refractivity contribution >= 4 is 23.5 Å². The van der Waals surface area contributed by atoms with E-state index in [1.165, 1.54) is 17.3 Å². The number of aryl methyl sites for hydroxylation is 1. The van der Waals surface area contributed by atoms with Gasteiger partial charge in [-0.15, -0.1) is 0 Å². The molecule has 1 aromatic rings. The van der Waals surface area contributed by atoms with Gasteiger partial charge < -0.3 is 4.90 Å². The summed E-state index contributed by atoms with van der Waals surface area (Å²) in [4.78, 5) is 25.9. The van der Waals surface area contributed by atoms with E-state index in [4.69, 9.17) is 0 Å². The van der Waals surface area contributed by atoms with Crippen molar-refractivity contribution in [3.63, 3.8) is 0 Å². The number of hydrogen-bond acceptors (Lipinski definition) is 3. The third kappa shape index (κ3) is 3.97. The van der Waals surface area contributed by atoms with Crippen molar-refractivity contribution in [1.29, 1.82) is 0 Å². The molecule has 1 aromatic carbocycles. The fourth-order valence-electron chi connectivity index (χ4n) is 2.02. The lowest BCUT2D eigenvalue weighted by Gasteiger charge is -2.19.